The zero-order valence-electron chi connectivity index (χ0n) is 15.2. The lowest BCUT2D eigenvalue weighted by molar-refractivity contribution is 0.258. The highest BCUT2D eigenvalue weighted by Crippen LogP contribution is 2.33. The molecule has 0 bridgehead atoms. The summed E-state index contributed by atoms with van der Waals surface area (Å²) >= 11 is 6.33. The summed E-state index contributed by atoms with van der Waals surface area (Å²) in [4.78, 5) is 4.53. The number of hydrogen-bond acceptors (Lipinski definition) is 4. The van der Waals surface area contributed by atoms with Crippen LogP contribution in [-0.4, -0.2) is 18.7 Å². The van der Waals surface area contributed by atoms with Crippen LogP contribution < -0.4 is 14.2 Å². The highest BCUT2D eigenvalue weighted by Gasteiger charge is 2.11. The fourth-order valence-electron chi connectivity index (χ4n) is 2.49. The van der Waals surface area contributed by atoms with Crippen LogP contribution in [0.4, 0.5) is 0 Å². The molecule has 0 aliphatic carbocycles. The van der Waals surface area contributed by atoms with E-state index in [1.165, 1.54) is 0 Å². The van der Waals surface area contributed by atoms with Crippen molar-refractivity contribution < 1.29 is 14.2 Å². The van der Waals surface area contributed by atoms with Gasteiger partial charge in [0.15, 0.2) is 0 Å². The van der Waals surface area contributed by atoms with Gasteiger partial charge in [-0.3, -0.25) is 0 Å². The first-order valence-electron chi connectivity index (χ1n) is 8.54. The summed E-state index contributed by atoms with van der Waals surface area (Å²) in [5.74, 6) is 2.44. The van der Waals surface area contributed by atoms with Gasteiger partial charge in [-0.25, -0.2) is 4.98 Å². The molecule has 1 heterocycles. The van der Waals surface area contributed by atoms with Crippen molar-refractivity contribution >= 4 is 22.5 Å². The van der Waals surface area contributed by atoms with Crippen LogP contribution >= 0.6 is 11.6 Å². The summed E-state index contributed by atoms with van der Waals surface area (Å²) in [7, 11) is 1.65. The van der Waals surface area contributed by atoms with Crippen molar-refractivity contribution in [3.05, 3.63) is 59.1 Å². The number of ether oxygens (including phenoxy) is 3. The minimum atomic E-state index is 0.405. The van der Waals surface area contributed by atoms with Gasteiger partial charge in [0.1, 0.15) is 18.1 Å². The van der Waals surface area contributed by atoms with Crippen LogP contribution in [0.3, 0.4) is 0 Å². The average Bonchev–Trinajstić information content (AvgIpc) is 2.65. The third-order valence-corrected chi connectivity index (χ3v) is 4.15. The number of fused-ring (bicyclic) bond motifs is 1. The summed E-state index contributed by atoms with van der Waals surface area (Å²) in [6.07, 6.45) is 0. The molecule has 0 spiro atoms. The molecule has 3 rings (SSSR count). The molecule has 0 aliphatic rings. The van der Waals surface area contributed by atoms with Crippen LogP contribution in [0.15, 0.2) is 48.5 Å². The third kappa shape index (κ3) is 4.38. The van der Waals surface area contributed by atoms with E-state index in [9.17, 15) is 0 Å². The lowest BCUT2D eigenvalue weighted by Gasteiger charge is -2.14. The van der Waals surface area contributed by atoms with Crippen molar-refractivity contribution in [2.75, 3.05) is 13.7 Å². The molecule has 2 aromatic carbocycles. The minimum Gasteiger partial charge on any atom is -0.497 e. The van der Waals surface area contributed by atoms with E-state index in [1.54, 1.807) is 7.11 Å². The smallest absolute Gasteiger partial charge is 0.217 e. The second kappa shape index (κ2) is 8.28. The summed E-state index contributed by atoms with van der Waals surface area (Å²) in [6.45, 7) is 5.20. The SMILES string of the molecule is COc1ccc(COc2cc(OCC(C)C)nc3c(Cl)cccc23)cc1. The number of pyridine rings is 1. The van der Waals surface area contributed by atoms with E-state index in [-0.39, 0.29) is 0 Å². The first-order valence-corrected chi connectivity index (χ1v) is 8.92. The largest absolute Gasteiger partial charge is 0.497 e. The van der Waals surface area contributed by atoms with Crippen molar-refractivity contribution in [2.45, 2.75) is 20.5 Å². The zero-order chi connectivity index (χ0) is 18.5. The minimum absolute atomic E-state index is 0.405. The first kappa shape index (κ1) is 18.3. The van der Waals surface area contributed by atoms with Crippen LogP contribution in [0, 0.1) is 5.92 Å². The number of rotatable bonds is 7. The highest BCUT2D eigenvalue weighted by molar-refractivity contribution is 6.35. The van der Waals surface area contributed by atoms with Gasteiger partial charge in [-0.2, -0.15) is 0 Å². The molecule has 0 saturated heterocycles. The van der Waals surface area contributed by atoms with Crippen LogP contribution in [0.1, 0.15) is 19.4 Å². The molecule has 3 aromatic rings. The molecule has 0 amide bonds. The molecule has 26 heavy (non-hydrogen) atoms. The molecule has 0 aliphatic heterocycles. The summed E-state index contributed by atoms with van der Waals surface area (Å²) in [5.41, 5.74) is 1.72. The Bertz CT molecular complexity index is 878. The standard InChI is InChI=1S/C21H22ClNO3/c1-14(2)12-26-20-11-19(17-5-4-6-18(22)21(17)23-20)25-13-15-7-9-16(24-3)10-8-15/h4-11,14H,12-13H2,1-3H3. The van der Waals surface area contributed by atoms with Crippen LogP contribution in [-0.2, 0) is 6.61 Å². The summed E-state index contributed by atoms with van der Waals surface area (Å²) < 4.78 is 17.0. The molecule has 4 nitrogen and oxygen atoms in total. The number of nitrogens with zero attached hydrogens (tertiary/aromatic N) is 1. The molecule has 5 heteroatoms. The quantitative estimate of drug-likeness (QED) is 0.549. The van der Waals surface area contributed by atoms with Crippen molar-refractivity contribution in [3.8, 4) is 17.4 Å². The van der Waals surface area contributed by atoms with E-state index in [2.05, 4.69) is 18.8 Å². The Hall–Kier alpha value is -2.46. The molecule has 1 aromatic heterocycles. The Morgan fingerprint density at radius 1 is 1.04 bits per heavy atom. The predicted molar refractivity (Wildman–Crippen MR) is 104 cm³/mol. The average molecular weight is 372 g/mol. The molecule has 0 radical (unpaired) electrons. The number of hydrogen-bond donors (Lipinski definition) is 0. The van der Waals surface area contributed by atoms with E-state index in [0.29, 0.717) is 41.3 Å². The van der Waals surface area contributed by atoms with E-state index < -0.39 is 0 Å². The number of methoxy groups -OCH3 is 1. The van der Waals surface area contributed by atoms with Gasteiger partial charge >= 0.3 is 0 Å². The van der Waals surface area contributed by atoms with E-state index in [1.807, 2.05) is 48.5 Å². The highest BCUT2D eigenvalue weighted by atomic mass is 35.5. The van der Waals surface area contributed by atoms with E-state index in [4.69, 9.17) is 25.8 Å². The molecular formula is C21H22ClNO3. The van der Waals surface area contributed by atoms with E-state index >= 15 is 0 Å². The fourth-order valence-corrected chi connectivity index (χ4v) is 2.71. The Labute approximate surface area is 158 Å². The maximum Gasteiger partial charge on any atom is 0.217 e. The maximum absolute atomic E-state index is 6.33. The summed E-state index contributed by atoms with van der Waals surface area (Å²) in [6, 6.07) is 15.3. The third-order valence-electron chi connectivity index (χ3n) is 3.85. The van der Waals surface area contributed by atoms with Crippen molar-refractivity contribution in [1.82, 2.24) is 4.98 Å². The molecule has 0 atom stereocenters. The number of aromatic nitrogens is 1. The zero-order valence-corrected chi connectivity index (χ0v) is 15.9. The predicted octanol–water partition coefficient (Wildman–Crippen LogP) is 5.51. The van der Waals surface area contributed by atoms with Gasteiger partial charge in [-0.05, 0) is 35.7 Å². The maximum atomic E-state index is 6.33. The lowest BCUT2D eigenvalue weighted by atomic mass is 10.2. The number of halogens is 1. The van der Waals surface area contributed by atoms with Gasteiger partial charge in [0.25, 0.3) is 0 Å². The Morgan fingerprint density at radius 2 is 1.81 bits per heavy atom. The molecule has 0 N–H and O–H groups in total. The van der Waals surface area contributed by atoms with Gasteiger partial charge in [-0.15, -0.1) is 0 Å². The normalized spacial score (nSPS) is 11.0. The van der Waals surface area contributed by atoms with Crippen molar-refractivity contribution in [2.24, 2.45) is 5.92 Å². The second-order valence-electron chi connectivity index (χ2n) is 6.44. The van der Waals surface area contributed by atoms with Gasteiger partial charge in [0, 0.05) is 11.5 Å². The molecular weight excluding hydrogens is 350 g/mol. The van der Waals surface area contributed by atoms with Gasteiger partial charge in [0.2, 0.25) is 5.88 Å². The summed E-state index contributed by atoms with van der Waals surface area (Å²) in [5, 5.41) is 1.44. The van der Waals surface area contributed by atoms with Gasteiger partial charge in [-0.1, -0.05) is 43.6 Å². The Balaban J connectivity index is 1.88. The van der Waals surface area contributed by atoms with Crippen molar-refractivity contribution in [1.29, 1.82) is 0 Å². The van der Waals surface area contributed by atoms with Crippen LogP contribution in [0.2, 0.25) is 5.02 Å². The van der Waals surface area contributed by atoms with Crippen LogP contribution in [0.5, 0.6) is 17.4 Å². The monoisotopic (exact) mass is 371 g/mol. The Kier molecular flexibility index (Phi) is 5.84. The molecule has 0 saturated carbocycles. The van der Waals surface area contributed by atoms with Crippen LogP contribution in [0.25, 0.3) is 10.9 Å². The molecule has 0 unspecified atom stereocenters. The first-order chi connectivity index (χ1) is 12.6. The van der Waals surface area contributed by atoms with Gasteiger partial charge < -0.3 is 14.2 Å². The van der Waals surface area contributed by atoms with Gasteiger partial charge in [0.05, 0.1) is 24.3 Å². The molecule has 136 valence electrons. The lowest BCUT2D eigenvalue weighted by Crippen LogP contribution is -2.06. The topological polar surface area (TPSA) is 40.6 Å². The Morgan fingerprint density at radius 3 is 2.50 bits per heavy atom. The van der Waals surface area contributed by atoms with E-state index in [0.717, 1.165) is 16.7 Å². The fraction of sp³-hybridized carbons (Fsp3) is 0.286. The molecule has 0 fully saturated rings. The second-order valence-corrected chi connectivity index (χ2v) is 6.84. The number of benzene rings is 2. The number of para-hydroxylation sites is 1. The van der Waals surface area contributed by atoms with Crippen molar-refractivity contribution in [3.63, 3.8) is 0 Å².